The molecule has 0 spiro atoms. The SMILES string of the molecule is COCCCc1cccc(O)c1. The standard InChI is InChI=1S/C10H14O2/c1-12-7-3-5-9-4-2-6-10(11)8-9/h2,4,6,8,11H,3,5,7H2,1H3. The monoisotopic (exact) mass is 166 g/mol. The van der Waals surface area contributed by atoms with Crippen LogP contribution >= 0.6 is 0 Å². The first kappa shape index (κ1) is 9.07. The van der Waals surface area contributed by atoms with Crippen molar-refractivity contribution in [3.63, 3.8) is 0 Å². The van der Waals surface area contributed by atoms with Crippen molar-refractivity contribution in [2.45, 2.75) is 12.8 Å². The highest BCUT2D eigenvalue weighted by Crippen LogP contribution is 2.12. The van der Waals surface area contributed by atoms with E-state index in [0.717, 1.165) is 25.0 Å². The van der Waals surface area contributed by atoms with Gasteiger partial charge in [0.2, 0.25) is 0 Å². The maximum atomic E-state index is 9.14. The fourth-order valence-corrected chi connectivity index (χ4v) is 1.13. The molecule has 2 heteroatoms. The van der Waals surface area contributed by atoms with Gasteiger partial charge >= 0.3 is 0 Å². The van der Waals surface area contributed by atoms with Crippen molar-refractivity contribution in [1.82, 2.24) is 0 Å². The van der Waals surface area contributed by atoms with E-state index in [1.807, 2.05) is 12.1 Å². The number of aromatic hydroxyl groups is 1. The Morgan fingerprint density at radius 3 is 2.92 bits per heavy atom. The average molecular weight is 166 g/mol. The number of methoxy groups -OCH3 is 1. The van der Waals surface area contributed by atoms with Gasteiger partial charge in [-0.1, -0.05) is 12.1 Å². The highest BCUT2D eigenvalue weighted by molar-refractivity contribution is 5.27. The summed E-state index contributed by atoms with van der Waals surface area (Å²) in [6.07, 6.45) is 1.96. The minimum Gasteiger partial charge on any atom is -0.508 e. The third kappa shape index (κ3) is 2.93. The Balaban J connectivity index is 2.41. The summed E-state index contributed by atoms with van der Waals surface area (Å²) in [5, 5.41) is 9.14. The molecule has 0 unspecified atom stereocenters. The van der Waals surface area contributed by atoms with Crippen LogP contribution in [0.1, 0.15) is 12.0 Å². The summed E-state index contributed by atoms with van der Waals surface area (Å²) < 4.78 is 4.93. The van der Waals surface area contributed by atoms with E-state index < -0.39 is 0 Å². The summed E-state index contributed by atoms with van der Waals surface area (Å²) in [7, 11) is 1.70. The van der Waals surface area contributed by atoms with E-state index in [1.165, 1.54) is 0 Å². The second kappa shape index (κ2) is 4.78. The minimum atomic E-state index is 0.338. The van der Waals surface area contributed by atoms with Gasteiger partial charge in [0.25, 0.3) is 0 Å². The highest BCUT2D eigenvalue weighted by Gasteiger charge is 1.93. The van der Waals surface area contributed by atoms with Crippen LogP contribution in [0.15, 0.2) is 24.3 Å². The summed E-state index contributed by atoms with van der Waals surface area (Å²) >= 11 is 0. The van der Waals surface area contributed by atoms with Gasteiger partial charge in [0.05, 0.1) is 0 Å². The van der Waals surface area contributed by atoms with Crippen molar-refractivity contribution >= 4 is 0 Å². The lowest BCUT2D eigenvalue weighted by molar-refractivity contribution is 0.195. The number of aryl methyl sites for hydroxylation is 1. The molecule has 12 heavy (non-hydrogen) atoms. The van der Waals surface area contributed by atoms with E-state index in [2.05, 4.69) is 0 Å². The van der Waals surface area contributed by atoms with Gasteiger partial charge < -0.3 is 9.84 Å². The lowest BCUT2D eigenvalue weighted by Gasteiger charge is -2.00. The van der Waals surface area contributed by atoms with Gasteiger partial charge in [0.1, 0.15) is 5.75 Å². The zero-order valence-electron chi connectivity index (χ0n) is 7.29. The molecule has 0 aliphatic heterocycles. The van der Waals surface area contributed by atoms with Crippen molar-refractivity contribution in [3.8, 4) is 5.75 Å². The van der Waals surface area contributed by atoms with E-state index >= 15 is 0 Å². The molecule has 1 rings (SSSR count). The number of hydrogen-bond acceptors (Lipinski definition) is 2. The normalized spacial score (nSPS) is 10.1. The van der Waals surface area contributed by atoms with Crippen LogP contribution in [0.2, 0.25) is 0 Å². The summed E-state index contributed by atoms with van der Waals surface area (Å²) in [6.45, 7) is 0.773. The maximum Gasteiger partial charge on any atom is 0.115 e. The summed E-state index contributed by atoms with van der Waals surface area (Å²) in [4.78, 5) is 0. The predicted octanol–water partition coefficient (Wildman–Crippen LogP) is 1.97. The van der Waals surface area contributed by atoms with Crippen molar-refractivity contribution in [3.05, 3.63) is 29.8 Å². The van der Waals surface area contributed by atoms with E-state index in [0.29, 0.717) is 5.75 Å². The average Bonchev–Trinajstić information content (AvgIpc) is 2.05. The molecule has 0 aromatic heterocycles. The van der Waals surface area contributed by atoms with Crippen molar-refractivity contribution in [1.29, 1.82) is 0 Å². The van der Waals surface area contributed by atoms with Crippen LogP contribution in [-0.4, -0.2) is 18.8 Å². The van der Waals surface area contributed by atoms with Gasteiger partial charge in [-0.05, 0) is 30.5 Å². The molecule has 1 aromatic carbocycles. The molecule has 1 aromatic rings. The van der Waals surface area contributed by atoms with E-state index in [-0.39, 0.29) is 0 Å². The summed E-state index contributed by atoms with van der Waals surface area (Å²) in [5.41, 5.74) is 1.16. The molecule has 0 atom stereocenters. The molecule has 1 N–H and O–H groups in total. The van der Waals surface area contributed by atoms with Gasteiger partial charge in [-0.2, -0.15) is 0 Å². The Morgan fingerprint density at radius 1 is 1.42 bits per heavy atom. The van der Waals surface area contributed by atoms with Crippen LogP contribution in [-0.2, 0) is 11.2 Å². The Morgan fingerprint density at radius 2 is 2.25 bits per heavy atom. The summed E-state index contributed by atoms with van der Waals surface area (Å²) in [5.74, 6) is 0.338. The molecule has 0 amide bonds. The zero-order valence-corrected chi connectivity index (χ0v) is 7.29. The second-order valence-electron chi connectivity index (χ2n) is 2.77. The fourth-order valence-electron chi connectivity index (χ4n) is 1.13. The number of hydrogen-bond donors (Lipinski definition) is 1. The number of rotatable bonds is 4. The van der Waals surface area contributed by atoms with Crippen LogP contribution in [0.25, 0.3) is 0 Å². The van der Waals surface area contributed by atoms with Crippen LogP contribution in [0.5, 0.6) is 5.75 Å². The van der Waals surface area contributed by atoms with Gasteiger partial charge in [0, 0.05) is 13.7 Å². The number of phenols is 1. The molecular formula is C10H14O2. The molecule has 0 saturated heterocycles. The topological polar surface area (TPSA) is 29.5 Å². The van der Waals surface area contributed by atoms with Crippen LogP contribution in [0.3, 0.4) is 0 Å². The number of ether oxygens (including phenoxy) is 1. The largest absolute Gasteiger partial charge is 0.508 e. The lowest BCUT2D eigenvalue weighted by atomic mass is 10.1. The predicted molar refractivity (Wildman–Crippen MR) is 48.3 cm³/mol. The molecule has 66 valence electrons. The van der Waals surface area contributed by atoms with Gasteiger partial charge in [-0.25, -0.2) is 0 Å². The Labute approximate surface area is 72.8 Å². The molecule has 0 aliphatic rings. The highest BCUT2D eigenvalue weighted by atomic mass is 16.5. The molecule has 0 fully saturated rings. The van der Waals surface area contributed by atoms with Crippen molar-refractivity contribution in [2.75, 3.05) is 13.7 Å². The van der Waals surface area contributed by atoms with Crippen LogP contribution in [0.4, 0.5) is 0 Å². The molecule has 2 nitrogen and oxygen atoms in total. The Bertz CT molecular complexity index is 233. The quantitative estimate of drug-likeness (QED) is 0.693. The van der Waals surface area contributed by atoms with E-state index in [9.17, 15) is 0 Å². The van der Waals surface area contributed by atoms with E-state index in [4.69, 9.17) is 9.84 Å². The lowest BCUT2D eigenvalue weighted by Crippen LogP contribution is -1.91. The molecule has 0 aliphatic carbocycles. The first-order valence-electron chi connectivity index (χ1n) is 4.10. The maximum absolute atomic E-state index is 9.14. The number of phenolic OH excluding ortho intramolecular Hbond substituents is 1. The zero-order chi connectivity index (χ0) is 8.81. The Hall–Kier alpha value is -1.02. The first-order chi connectivity index (χ1) is 5.83. The van der Waals surface area contributed by atoms with Crippen molar-refractivity contribution < 1.29 is 9.84 Å². The first-order valence-corrected chi connectivity index (χ1v) is 4.10. The molecule has 0 heterocycles. The Kier molecular flexibility index (Phi) is 3.61. The van der Waals surface area contributed by atoms with Crippen LogP contribution < -0.4 is 0 Å². The molecule has 0 saturated carbocycles. The molecule has 0 bridgehead atoms. The van der Waals surface area contributed by atoms with Crippen LogP contribution in [0, 0.1) is 0 Å². The second-order valence-corrected chi connectivity index (χ2v) is 2.77. The van der Waals surface area contributed by atoms with Gasteiger partial charge in [0.15, 0.2) is 0 Å². The van der Waals surface area contributed by atoms with Gasteiger partial charge in [-0.15, -0.1) is 0 Å². The van der Waals surface area contributed by atoms with Gasteiger partial charge in [-0.3, -0.25) is 0 Å². The molecular weight excluding hydrogens is 152 g/mol. The van der Waals surface area contributed by atoms with Crippen molar-refractivity contribution in [2.24, 2.45) is 0 Å². The summed E-state index contributed by atoms with van der Waals surface area (Å²) in [6, 6.07) is 7.34. The molecule has 0 radical (unpaired) electrons. The third-order valence-corrected chi connectivity index (χ3v) is 1.72. The fraction of sp³-hybridized carbons (Fsp3) is 0.400. The minimum absolute atomic E-state index is 0.338. The number of benzene rings is 1. The van der Waals surface area contributed by atoms with E-state index in [1.54, 1.807) is 19.2 Å². The third-order valence-electron chi connectivity index (χ3n) is 1.72. The smallest absolute Gasteiger partial charge is 0.115 e.